The molecule has 3 heterocycles. The maximum Gasteiger partial charge on any atom is 0.208 e. The Morgan fingerprint density at radius 2 is 2.32 bits per heavy atom. The van der Waals surface area contributed by atoms with Crippen molar-refractivity contribution in [3.05, 3.63) is 10.8 Å². The van der Waals surface area contributed by atoms with E-state index in [0.29, 0.717) is 22.8 Å². The molecule has 0 atom stereocenters. The lowest BCUT2D eigenvalue weighted by Crippen LogP contribution is -2.54. The second-order valence-electron chi connectivity index (χ2n) is 5.43. The first-order valence-corrected chi connectivity index (χ1v) is 7.06. The summed E-state index contributed by atoms with van der Waals surface area (Å²) in [5.74, 6) is 0.829. The van der Waals surface area contributed by atoms with Crippen LogP contribution in [0, 0.1) is 16.7 Å². The van der Waals surface area contributed by atoms with E-state index in [1.54, 1.807) is 0 Å². The normalized spacial score (nSPS) is 21.2. The van der Waals surface area contributed by atoms with E-state index < -0.39 is 0 Å². The summed E-state index contributed by atoms with van der Waals surface area (Å²) in [6.45, 7) is 6.32. The van der Waals surface area contributed by atoms with Gasteiger partial charge in [-0.3, -0.25) is 0 Å². The first-order valence-electron chi connectivity index (χ1n) is 6.68. The highest BCUT2D eigenvalue weighted by Gasteiger charge is 2.43. The Morgan fingerprint density at radius 1 is 1.53 bits per heavy atom. The molecule has 5 nitrogen and oxygen atoms in total. The van der Waals surface area contributed by atoms with Gasteiger partial charge in [0, 0.05) is 25.0 Å². The first-order chi connectivity index (χ1) is 9.19. The molecule has 1 aromatic rings. The summed E-state index contributed by atoms with van der Waals surface area (Å²) in [7, 11) is 0. The average Bonchev–Trinajstić information content (AvgIpc) is 2.73. The van der Waals surface area contributed by atoms with Gasteiger partial charge in [-0.1, -0.05) is 11.6 Å². The van der Waals surface area contributed by atoms with E-state index in [-0.39, 0.29) is 0 Å². The van der Waals surface area contributed by atoms with Crippen LogP contribution in [-0.4, -0.2) is 35.9 Å². The van der Waals surface area contributed by atoms with Gasteiger partial charge in [-0.2, -0.15) is 10.2 Å². The van der Waals surface area contributed by atoms with Crippen molar-refractivity contribution in [1.82, 2.24) is 9.55 Å². The predicted octanol–water partition coefficient (Wildman–Crippen LogP) is 2.04. The molecule has 2 fully saturated rings. The fourth-order valence-electron chi connectivity index (χ4n) is 3.06. The molecular weight excluding hydrogens is 264 g/mol. The molecule has 0 N–H and O–H groups in total. The minimum absolute atomic E-state index is 0.294. The van der Waals surface area contributed by atoms with Gasteiger partial charge in [-0.25, -0.2) is 0 Å². The number of aromatic nitrogens is 2. The van der Waals surface area contributed by atoms with E-state index in [4.69, 9.17) is 21.6 Å². The molecule has 6 heteroatoms. The SMILES string of the molecule is CCn1c(N2CCCC3(COC3)C2)nc(Cl)c1C#N. The maximum atomic E-state index is 9.17. The fourth-order valence-corrected chi connectivity index (χ4v) is 3.28. The van der Waals surface area contributed by atoms with Crippen molar-refractivity contribution >= 4 is 17.5 Å². The van der Waals surface area contributed by atoms with Gasteiger partial charge in [-0.05, 0) is 19.8 Å². The van der Waals surface area contributed by atoms with Crippen LogP contribution in [0.4, 0.5) is 5.95 Å². The molecule has 3 rings (SSSR count). The lowest BCUT2D eigenvalue weighted by atomic mass is 9.78. The Labute approximate surface area is 117 Å². The topological polar surface area (TPSA) is 54.1 Å². The number of hydrogen-bond donors (Lipinski definition) is 0. The zero-order valence-electron chi connectivity index (χ0n) is 11.0. The number of rotatable bonds is 2. The van der Waals surface area contributed by atoms with Gasteiger partial charge in [0.1, 0.15) is 6.07 Å². The third-order valence-electron chi connectivity index (χ3n) is 4.09. The summed E-state index contributed by atoms with van der Waals surface area (Å²) < 4.78 is 7.28. The van der Waals surface area contributed by atoms with E-state index in [1.165, 1.54) is 6.42 Å². The Kier molecular flexibility index (Phi) is 3.15. The van der Waals surface area contributed by atoms with Crippen LogP contribution in [0.25, 0.3) is 0 Å². The molecule has 1 spiro atoms. The number of nitrogens with zero attached hydrogens (tertiary/aromatic N) is 4. The quantitative estimate of drug-likeness (QED) is 0.832. The van der Waals surface area contributed by atoms with Crippen molar-refractivity contribution in [2.45, 2.75) is 26.3 Å². The summed E-state index contributed by atoms with van der Waals surface area (Å²) >= 11 is 6.06. The first kappa shape index (κ1) is 12.8. The van der Waals surface area contributed by atoms with Crippen LogP contribution < -0.4 is 4.90 Å². The molecule has 0 aromatic carbocycles. The molecule has 19 heavy (non-hydrogen) atoms. The van der Waals surface area contributed by atoms with Crippen LogP contribution in [0.15, 0.2) is 0 Å². The minimum atomic E-state index is 0.294. The van der Waals surface area contributed by atoms with E-state index in [1.807, 2.05) is 11.5 Å². The highest BCUT2D eigenvalue weighted by atomic mass is 35.5. The Balaban J connectivity index is 1.91. The second kappa shape index (κ2) is 4.69. The predicted molar refractivity (Wildman–Crippen MR) is 72.3 cm³/mol. The standard InChI is InChI=1S/C13H17ClN4O/c1-2-18-10(6-15)11(14)16-12(18)17-5-3-4-13(7-17)8-19-9-13/h2-5,7-9H2,1H3. The zero-order chi connectivity index (χ0) is 13.5. The maximum absolute atomic E-state index is 9.17. The molecule has 2 saturated heterocycles. The number of halogens is 1. The minimum Gasteiger partial charge on any atom is -0.380 e. The molecule has 0 radical (unpaired) electrons. The third kappa shape index (κ3) is 1.99. The van der Waals surface area contributed by atoms with Gasteiger partial charge in [0.15, 0.2) is 10.8 Å². The van der Waals surface area contributed by atoms with Crippen LogP contribution in [0.5, 0.6) is 0 Å². The Hall–Kier alpha value is -1.25. The van der Waals surface area contributed by atoms with Gasteiger partial charge >= 0.3 is 0 Å². The number of piperidine rings is 1. The highest BCUT2D eigenvalue weighted by molar-refractivity contribution is 6.30. The van der Waals surface area contributed by atoms with Crippen LogP contribution in [0.3, 0.4) is 0 Å². The number of imidazole rings is 1. The summed E-state index contributed by atoms with van der Waals surface area (Å²) in [6, 6.07) is 2.14. The zero-order valence-corrected chi connectivity index (χ0v) is 11.8. The van der Waals surface area contributed by atoms with Gasteiger partial charge in [0.05, 0.1) is 13.2 Å². The summed E-state index contributed by atoms with van der Waals surface area (Å²) in [5.41, 5.74) is 0.755. The molecule has 102 valence electrons. The van der Waals surface area contributed by atoms with Crippen molar-refractivity contribution in [1.29, 1.82) is 5.26 Å². The van der Waals surface area contributed by atoms with Crippen molar-refractivity contribution in [3.8, 4) is 6.07 Å². The van der Waals surface area contributed by atoms with Crippen LogP contribution in [0.2, 0.25) is 5.15 Å². The number of ether oxygens (including phenoxy) is 1. The largest absolute Gasteiger partial charge is 0.380 e. The van der Waals surface area contributed by atoms with Crippen molar-refractivity contribution in [2.75, 3.05) is 31.2 Å². The lowest BCUT2D eigenvalue weighted by molar-refractivity contribution is -0.118. The van der Waals surface area contributed by atoms with Crippen molar-refractivity contribution < 1.29 is 4.74 Å². The van der Waals surface area contributed by atoms with Gasteiger partial charge in [0.2, 0.25) is 5.95 Å². The van der Waals surface area contributed by atoms with E-state index >= 15 is 0 Å². The molecule has 0 bridgehead atoms. The molecule has 0 amide bonds. The van der Waals surface area contributed by atoms with Gasteiger partial charge in [-0.15, -0.1) is 0 Å². The fraction of sp³-hybridized carbons (Fsp3) is 0.692. The van der Waals surface area contributed by atoms with E-state index in [0.717, 1.165) is 38.7 Å². The highest BCUT2D eigenvalue weighted by Crippen LogP contribution is 2.38. The summed E-state index contributed by atoms with van der Waals surface area (Å²) in [5, 5.41) is 9.48. The molecule has 0 unspecified atom stereocenters. The monoisotopic (exact) mass is 280 g/mol. The Morgan fingerprint density at radius 3 is 2.89 bits per heavy atom. The molecule has 0 saturated carbocycles. The molecule has 0 aliphatic carbocycles. The summed E-state index contributed by atoms with van der Waals surface area (Å²) in [4.78, 5) is 6.64. The molecule has 2 aliphatic heterocycles. The van der Waals surface area contributed by atoms with Gasteiger partial charge < -0.3 is 14.2 Å². The second-order valence-corrected chi connectivity index (χ2v) is 5.78. The van der Waals surface area contributed by atoms with Crippen LogP contribution in [0.1, 0.15) is 25.5 Å². The van der Waals surface area contributed by atoms with Crippen LogP contribution >= 0.6 is 11.6 Å². The lowest BCUT2D eigenvalue weighted by Gasteiger charge is -2.48. The van der Waals surface area contributed by atoms with E-state index in [9.17, 15) is 0 Å². The van der Waals surface area contributed by atoms with Crippen molar-refractivity contribution in [2.24, 2.45) is 5.41 Å². The number of nitriles is 1. The van der Waals surface area contributed by atoms with Crippen molar-refractivity contribution in [3.63, 3.8) is 0 Å². The van der Waals surface area contributed by atoms with Gasteiger partial charge in [0.25, 0.3) is 0 Å². The number of anilines is 1. The smallest absolute Gasteiger partial charge is 0.208 e. The van der Waals surface area contributed by atoms with Crippen LogP contribution in [-0.2, 0) is 11.3 Å². The molecule has 1 aromatic heterocycles. The molecular formula is C13H17ClN4O. The average molecular weight is 281 g/mol. The number of hydrogen-bond acceptors (Lipinski definition) is 4. The van der Waals surface area contributed by atoms with E-state index in [2.05, 4.69) is 16.0 Å². The summed E-state index contributed by atoms with van der Waals surface area (Å²) in [6.07, 6.45) is 2.36. The Bertz CT molecular complexity index is 529. The molecule has 2 aliphatic rings. The third-order valence-corrected chi connectivity index (χ3v) is 4.35.